The van der Waals surface area contributed by atoms with Gasteiger partial charge in [0.15, 0.2) is 0 Å². The maximum Gasteiger partial charge on any atom is 0.270 e. The van der Waals surface area contributed by atoms with Crippen LogP contribution in [0.3, 0.4) is 0 Å². The molecule has 3 rings (SSSR count). The fraction of sp³-hybridized carbons (Fsp3) is 0.375. The van der Waals surface area contributed by atoms with Crippen LogP contribution in [0.4, 0.5) is 5.69 Å². The van der Waals surface area contributed by atoms with Crippen molar-refractivity contribution in [3.05, 3.63) is 35.7 Å². The summed E-state index contributed by atoms with van der Waals surface area (Å²) in [5.74, 6) is -0.0869. The highest BCUT2D eigenvalue weighted by Gasteiger charge is 2.20. The zero-order valence-corrected chi connectivity index (χ0v) is 11.6. The average Bonchev–Trinajstić information content (AvgIpc) is 2.95. The first-order valence-corrected chi connectivity index (χ1v) is 7.11. The van der Waals surface area contributed by atoms with Crippen LogP contribution in [-0.2, 0) is 0 Å². The van der Waals surface area contributed by atoms with E-state index >= 15 is 0 Å². The first kappa shape index (κ1) is 12.9. The average molecular weight is 269 g/mol. The highest BCUT2D eigenvalue weighted by molar-refractivity contribution is 6.09. The minimum absolute atomic E-state index is 0.0869. The maximum atomic E-state index is 12.5. The highest BCUT2D eigenvalue weighted by atomic mass is 16.1. The summed E-state index contributed by atoms with van der Waals surface area (Å²) >= 11 is 0. The zero-order valence-electron chi connectivity index (χ0n) is 11.6. The highest BCUT2D eigenvalue weighted by Crippen LogP contribution is 2.26. The molecule has 1 aromatic carbocycles. The number of nitrogens with one attached hydrogen (secondary N) is 1. The molecule has 1 fully saturated rings. The van der Waals surface area contributed by atoms with Gasteiger partial charge in [0, 0.05) is 28.7 Å². The molecule has 0 unspecified atom stereocenters. The summed E-state index contributed by atoms with van der Waals surface area (Å²) in [6, 6.07) is 5.97. The fourth-order valence-corrected chi connectivity index (χ4v) is 2.99. The molecule has 1 aromatic heterocycles. The Labute approximate surface area is 118 Å². The van der Waals surface area contributed by atoms with Crippen LogP contribution in [0, 0.1) is 6.92 Å². The van der Waals surface area contributed by atoms with Gasteiger partial charge in [-0.2, -0.15) is 0 Å². The molecular formula is C16H19N3O. The summed E-state index contributed by atoms with van der Waals surface area (Å²) in [6.07, 6.45) is 6.18. The lowest BCUT2D eigenvalue weighted by Crippen LogP contribution is -2.33. The van der Waals surface area contributed by atoms with Crippen LogP contribution in [0.5, 0.6) is 0 Å². The van der Waals surface area contributed by atoms with Gasteiger partial charge in [0.25, 0.3) is 5.91 Å². The lowest BCUT2D eigenvalue weighted by molar-refractivity contribution is 0.0934. The third-order valence-corrected chi connectivity index (χ3v) is 4.07. The van der Waals surface area contributed by atoms with E-state index in [0.717, 1.165) is 29.2 Å². The Morgan fingerprint density at radius 2 is 2.05 bits per heavy atom. The van der Waals surface area contributed by atoms with Gasteiger partial charge in [0.1, 0.15) is 5.69 Å². The largest absolute Gasteiger partial charge is 0.398 e. The first-order chi connectivity index (χ1) is 9.66. The molecule has 2 aromatic rings. The standard InChI is InChI=1S/C16H19N3O/c1-10-6-7-13(17)12-8-9-18-15(14(10)12)16(20)19-11-4-2-3-5-11/h6-9,11H,2-5,17H2,1H3,(H,19,20). The van der Waals surface area contributed by atoms with Crippen molar-refractivity contribution in [2.24, 2.45) is 0 Å². The third kappa shape index (κ3) is 2.22. The van der Waals surface area contributed by atoms with E-state index in [0.29, 0.717) is 17.4 Å². The number of aryl methyl sites for hydroxylation is 1. The van der Waals surface area contributed by atoms with Gasteiger partial charge in [-0.15, -0.1) is 0 Å². The van der Waals surface area contributed by atoms with Gasteiger partial charge in [-0.3, -0.25) is 9.78 Å². The van der Waals surface area contributed by atoms with Crippen molar-refractivity contribution in [3.63, 3.8) is 0 Å². The van der Waals surface area contributed by atoms with Crippen LogP contribution in [-0.4, -0.2) is 16.9 Å². The van der Waals surface area contributed by atoms with Gasteiger partial charge < -0.3 is 11.1 Å². The Balaban J connectivity index is 2.02. The van der Waals surface area contributed by atoms with Gasteiger partial charge in [-0.05, 0) is 37.5 Å². The molecule has 1 heterocycles. The van der Waals surface area contributed by atoms with E-state index in [2.05, 4.69) is 10.3 Å². The van der Waals surface area contributed by atoms with Crippen LogP contribution in [0.1, 0.15) is 41.7 Å². The van der Waals surface area contributed by atoms with Crippen LogP contribution in [0.15, 0.2) is 24.4 Å². The topological polar surface area (TPSA) is 68.0 Å². The number of fused-ring (bicyclic) bond motifs is 1. The van der Waals surface area contributed by atoms with Crippen LogP contribution in [0.25, 0.3) is 10.8 Å². The van der Waals surface area contributed by atoms with E-state index < -0.39 is 0 Å². The number of carbonyl (C=O) groups is 1. The number of rotatable bonds is 2. The Hall–Kier alpha value is -2.10. The lowest BCUT2D eigenvalue weighted by Gasteiger charge is -2.14. The van der Waals surface area contributed by atoms with Crippen molar-refractivity contribution in [2.45, 2.75) is 38.6 Å². The molecule has 1 aliphatic rings. The molecule has 0 bridgehead atoms. The normalized spacial score (nSPS) is 15.7. The molecule has 20 heavy (non-hydrogen) atoms. The number of pyridine rings is 1. The third-order valence-electron chi connectivity index (χ3n) is 4.07. The van der Waals surface area contributed by atoms with Gasteiger partial charge in [-0.1, -0.05) is 18.9 Å². The monoisotopic (exact) mass is 269 g/mol. The van der Waals surface area contributed by atoms with Crippen molar-refractivity contribution in [3.8, 4) is 0 Å². The molecule has 0 aliphatic heterocycles. The van der Waals surface area contributed by atoms with Gasteiger partial charge in [-0.25, -0.2) is 0 Å². The number of nitrogens with two attached hydrogens (primary N) is 1. The van der Waals surface area contributed by atoms with Gasteiger partial charge in [0.2, 0.25) is 0 Å². The fourth-order valence-electron chi connectivity index (χ4n) is 2.99. The zero-order chi connectivity index (χ0) is 14.1. The molecule has 104 valence electrons. The van der Waals surface area contributed by atoms with Gasteiger partial charge >= 0.3 is 0 Å². The Morgan fingerprint density at radius 1 is 1.30 bits per heavy atom. The lowest BCUT2D eigenvalue weighted by atomic mass is 10.0. The molecule has 3 N–H and O–H groups in total. The molecule has 1 aliphatic carbocycles. The number of benzene rings is 1. The quantitative estimate of drug-likeness (QED) is 0.824. The van der Waals surface area contributed by atoms with E-state index in [1.807, 2.05) is 25.1 Å². The molecule has 1 amide bonds. The minimum Gasteiger partial charge on any atom is -0.398 e. The predicted molar refractivity (Wildman–Crippen MR) is 80.6 cm³/mol. The molecule has 0 radical (unpaired) electrons. The molecule has 0 spiro atoms. The number of hydrogen-bond acceptors (Lipinski definition) is 3. The molecule has 0 saturated heterocycles. The summed E-state index contributed by atoms with van der Waals surface area (Å²) in [4.78, 5) is 16.7. The van der Waals surface area contributed by atoms with E-state index in [-0.39, 0.29) is 5.91 Å². The number of hydrogen-bond donors (Lipinski definition) is 2. The first-order valence-electron chi connectivity index (χ1n) is 7.11. The van der Waals surface area contributed by atoms with Crippen LogP contribution < -0.4 is 11.1 Å². The summed E-state index contributed by atoms with van der Waals surface area (Å²) in [6.45, 7) is 1.98. The second-order valence-electron chi connectivity index (χ2n) is 5.51. The van der Waals surface area contributed by atoms with E-state index in [4.69, 9.17) is 5.73 Å². The van der Waals surface area contributed by atoms with Crippen molar-refractivity contribution in [1.82, 2.24) is 10.3 Å². The van der Waals surface area contributed by atoms with Crippen molar-refractivity contribution >= 4 is 22.4 Å². The Morgan fingerprint density at radius 3 is 2.80 bits per heavy atom. The SMILES string of the molecule is Cc1ccc(N)c2ccnc(C(=O)NC3CCCC3)c12. The number of carbonyl (C=O) groups excluding carboxylic acids is 1. The summed E-state index contributed by atoms with van der Waals surface area (Å²) in [5, 5.41) is 4.86. The second kappa shape index (κ2) is 5.12. The number of anilines is 1. The van der Waals surface area contributed by atoms with E-state index in [1.54, 1.807) is 6.20 Å². The second-order valence-corrected chi connectivity index (χ2v) is 5.51. The van der Waals surface area contributed by atoms with E-state index in [1.165, 1.54) is 12.8 Å². The molecular weight excluding hydrogens is 250 g/mol. The number of nitrogens with zero attached hydrogens (tertiary/aromatic N) is 1. The van der Waals surface area contributed by atoms with Crippen molar-refractivity contribution in [1.29, 1.82) is 0 Å². The Bertz CT molecular complexity index is 660. The van der Waals surface area contributed by atoms with Crippen molar-refractivity contribution < 1.29 is 4.79 Å². The van der Waals surface area contributed by atoms with Crippen LogP contribution in [0.2, 0.25) is 0 Å². The molecule has 0 atom stereocenters. The molecule has 1 saturated carbocycles. The number of amides is 1. The molecule has 4 nitrogen and oxygen atoms in total. The Kier molecular flexibility index (Phi) is 3.30. The summed E-state index contributed by atoms with van der Waals surface area (Å²) in [7, 11) is 0. The number of nitrogen functional groups attached to an aromatic ring is 1. The van der Waals surface area contributed by atoms with Crippen molar-refractivity contribution in [2.75, 3.05) is 5.73 Å². The predicted octanol–water partition coefficient (Wildman–Crippen LogP) is 2.80. The minimum atomic E-state index is -0.0869. The smallest absolute Gasteiger partial charge is 0.270 e. The van der Waals surface area contributed by atoms with Crippen LogP contribution >= 0.6 is 0 Å². The number of aromatic nitrogens is 1. The summed E-state index contributed by atoms with van der Waals surface area (Å²) < 4.78 is 0. The van der Waals surface area contributed by atoms with E-state index in [9.17, 15) is 4.79 Å². The maximum absolute atomic E-state index is 12.5. The van der Waals surface area contributed by atoms with Gasteiger partial charge in [0.05, 0.1) is 0 Å². The summed E-state index contributed by atoms with van der Waals surface area (Å²) in [5.41, 5.74) is 8.19. The molecule has 4 heteroatoms.